The lowest BCUT2D eigenvalue weighted by Crippen LogP contribution is -2.26. The number of hydrogen-bond donors (Lipinski definition) is 1. The van der Waals surface area contributed by atoms with Crippen LogP contribution in [0.3, 0.4) is 0 Å². The van der Waals surface area contributed by atoms with Crippen LogP contribution in [0, 0.1) is 0 Å². The fraction of sp³-hybridized carbons (Fsp3) is 0.176. The van der Waals surface area contributed by atoms with E-state index < -0.39 is 15.1 Å². The molecule has 0 aliphatic heterocycles. The van der Waals surface area contributed by atoms with Gasteiger partial charge in [0.1, 0.15) is 12.4 Å². The van der Waals surface area contributed by atoms with Crippen LogP contribution in [0.25, 0.3) is 6.08 Å². The van der Waals surface area contributed by atoms with Gasteiger partial charge in [-0.1, -0.05) is 49.1 Å². The van der Waals surface area contributed by atoms with E-state index in [0.29, 0.717) is 12.4 Å². The summed E-state index contributed by atoms with van der Waals surface area (Å²) in [5, 5.41) is -2.86. The maximum atomic E-state index is 14.1. The third-order valence-electron chi connectivity index (χ3n) is 3.48. The summed E-state index contributed by atoms with van der Waals surface area (Å²) in [4.78, 5) is 0. The summed E-state index contributed by atoms with van der Waals surface area (Å²) in [6, 6.07) is 13.1. The molecule has 2 aromatic rings. The van der Waals surface area contributed by atoms with Crippen LogP contribution in [-0.2, 0) is 21.7 Å². The molecule has 0 aromatic heterocycles. The molecule has 0 saturated carbocycles. The highest BCUT2D eigenvalue weighted by molar-refractivity contribution is 7.86. The Bertz CT molecular complexity index is 778. The molecule has 122 valence electrons. The van der Waals surface area contributed by atoms with Gasteiger partial charge in [-0.2, -0.15) is 8.42 Å². The molecule has 0 amide bonds. The zero-order chi connectivity index (χ0) is 17.1. The van der Waals surface area contributed by atoms with Crippen molar-refractivity contribution in [1.29, 1.82) is 0 Å². The molecule has 0 radical (unpaired) electrons. The standard InChI is InChI=1S/C17H17FO4S/c1-3-13-4-6-14(7-5-13)12-22-16-10-8-15(9-11-16)17(2,18)23(19,20)21/h3-11H,1,12H2,2H3,(H,19,20,21). The van der Waals surface area contributed by atoms with Gasteiger partial charge in [0.25, 0.3) is 5.00 Å². The fourth-order valence-corrected chi connectivity index (χ4v) is 2.35. The van der Waals surface area contributed by atoms with Crippen molar-refractivity contribution in [2.45, 2.75) is 18.5 Å². The van der Waals surface area contributed by atoms with Crippen molar-refractivity contribution < 1.29 is 22.1 Å². The van der Waals surface area contributed by atoms with Crippen LogP contribution < -0.4 is 4.74 Å². The van der Waals surface area contributed by atoms with Gasteiger partial charge in [0, 0.05) is 5.56 Å². The maximum absolute atomic E-state index is 14.1. The summed E-state index contributed by atoms with van der Waals surface area (Å²) in [7, 11) is -4.85. The summed E-state index contributed by atoms with van der Waals surface area (Å²) >= 11 is 0. The van der Waals surface area contributed by atoms with Crippen molar-refractivity contribution in [2.75, 3.05) is 0 Å². The first-order chi connectivity index (χ1) is 10.7. The first-order valence-corrected chi connectivity index (χ1v) is 8.29. The summed E-state index contributed by atoms with van der Waals surface area (Å²) in [6.07, 6.45) is 1.74. The third kappa shape index (κ3) is 3.97. The Kier molecular flexibility index (Phi) is 4.87. The average Bonchev–Trinajstić information content (AvgIpc) is 2.53. The lowest BCUT2D eigenvalue weighted by molar-refractivity contribution is 0.270. The molecule has 6 heteroatoms. The van der Waals surface area contributed by atoms with Crippen LogP contribution in [0.15, 0.2) is 55.1 Å². The molecule has 2 aromatic carbocycles. The Morgan fingerprint density at radius 2 is 1.74 bits per heavy atom. The minimum Gasteiger partial charge on any atom is -0.489 e. The predicted octanol–water partition coefficient (Wildman–Crippen LogP) is 3.94. The first-order valence-electron chi connectivity index (χ1n) is 6.85. The monoisotopic (exact) mass is 336 g/mol. The molecule has 0 aliphatic rings. The molecule has 0 bridgehead atoms. The van der Waals surface area contributed by atoms with E-state index in [1.165, 1.54) is 24.3 Å². The Morgan fingerprint density at radius 1 is 1.17 bits per heavy atom. The molecule has 0 fully saturated rings. The molecule has 1 atom stereocenters. The van der Waals surface area contributed by atoms with Crippen molar-refractivity contribution in [1.82, 2.24) is 0 Å². The van der Waals surface area contributed by atoms with Crippen molar-refractivity contribution in [3.05, 3.63) is 71.8 Å². The normalized spacial score (nSPS) is 14.0. The highest BCUT2D eigenvalue weighted by Crippen LogP contribution is 2.32. The molecule has 0 aliphatic carbocycles. The number of benzene rings is 2. The smallest absolute Gasteiger partial charge is 0.304 e. The molecular weight excluding hydrogens is 319 g/mol. The first kappa shape index (κ1) is 17.2. The van der Waals surface area contributed by atoms with E-state index in [9.17, 15) is 12.8 Å². The van der Waals surface area contributed by atoms with E-state index in [2.05, 4.69) is 6.58 Å². The van der Waals surface area contributed by atoms with E-state index >= 15 is 0 Å². The molecule has 0 saturated heterocycles. The number of halogens is 1. The molecule has 1 N–H and O–H groups in total. The average molecular weight is 336 g/mol. The molecular formula is C17H17FO4S. The van der Waals surface area contributed by atoms with Gasteiger partial charge >= 0.3 is 10.1 Å². The number of alkyl halides is 1. The summed E-state index contributed by atoms with van der Waals surface area (Å²) in [5.74, 6) is 0.465. The zero-order valence-electron chi connectivity index (χ0n) is 12.6. The van der Waals surface area contributed by atoms with Crippen molar-refractivity contribution in [3.8, 4) is 5.75 Å². The van der Waals surface area contributed by atoms with Gasteiger partial charge in [-0.15, -0.1) is 0 Å². The Hall–Kier alpha value is -2.18. The van der Waals surface area contributed by atoms with Crippen LogP contribution in [-0.4, -0.2) is 13.0 Å². The minimum atomic E-state index is -4.85. The maximum Gasteiger partial charge on any atom is 0.304 e. The lowest BCUT2D eigenvalue weighted by atomic mass is 10.1. The Morgan fingerprint density at radius 3 is 2.22 bits per heavy atom. The van der Waals surface area contributed by atoms with Crippen LogP contribution in [0.5, 0.6) is 5.75 Å². The van der Waals surface area contributed by atoms with Crippen LogP contribution in [0.1, 0.15) is 23.6 Å². The second-order valence-corrected chi connectivity index (χ2v) is 6.87. The predicted molar refractivity (Wildman–Crippen MR) is 87.3 cm³/mol. The van der Waals surface area contributed by atoms with Crippen molar-refractivity contribution in [2.24, 2.45) is 0 Å². The topological polar surface area (TPSA) is 63.6 Å². The summed E-state index contributed by atoms with van der Waals surface area (Å²) in [5.41, 5.74) is 1.79. The van der Waals surface area contributed by atoms with E-state index in [0.717, 1.165) is 18.1 Å². The van der Waals surface area contributed by atoms with E-state index in [1.807, 2.05) is 24.3 Å². The van der Waals surface area contributed by atoms with Gasteiger partial charge in [0.05, 0.1) is 0 Å². The van der Waals surface area contributed by atoms with Crippen LogP contribution in [0.4, 0.5) is 4.39 Å². The molecule has 1 unspecified atom stereocenters. The van der Waals surface area contributed by atoms with Gasteiger partial charge in [-0.05, 0) is 30.2 Å². The quantitative estimate of drug-likeness (QED) is 0.812. The van der Waals surface area contributed by atoms with Gasteiger partial charge in [-0.25, -0.2) is 4.39 Å². The Labute approximate surface area is 135 Å². The number of rotatable bonds is 6. The van der Waals surface area contributed by atoms with Gasteiger partial charge in [-0.3, -0.25) is 4.55 Å². The van der Waals surface area contributed by atoms with Crippen molar-refractivity contribution >= 4 is 16.2 Å². The minimum absolute atomic E-state index is 0.164. The molecule has 23 heavy (non-hydrogen) atoms. The van der Waals surface area contributed by atoms with E-state index in [-0.39, 0.29) is 5.56 Å². The Balaban J connectivity index is 2.06. The van der Waals surface area contributed by atoms with Gasteiger partial charge in [0.15, 0.2) is 0 Å². The SMILES string of the molecule is C=Cc1ccc(COc2ccc(C(C)(F)S(=O)(=O)O)cc2)cc1. The highest BCUT2D eigenvalue weighted by atomic mass is 32.2. The second kappa shape index (κ2) is 6.52. The fourth-order valence-electron chi connectivity index (χ4n) is 1.91. The second-order valence-electron chi connectivity index (χ2n) is 5.15. The highest BCUT2D eigenvalue weighted by Gasteiger charge is 2.40. The van der Waals surface area contributed by atoms with Crippen LogP contribution >= 0.6 is 0 Å². The lowest BCUT2D eigenvalue weighted by Gasteiger charge is -2.17. The van der Waals surface area contributed by atoms with E-state index in [1.54, 1.807) is 6.08 Å². The number of ether oxygens (including phenoxy) is 1. The molecule has 0 spiro atoms. The van der Waals surface area contributed by atoms with Crippen molar-refractivity contribution in [3.63, 3.8) is 0 Å². The van der Waals surface area contributed by atoms with Gasteiger partial charge in [0.2, 0.25) is 0 Å². The third-order valence-corrected chi connectivity index (χ3v) is 4.68. The van der Waals surface area contributed by atoms with Gasteiger partial charge < -0.3 is 4.74 Å². The largest absolute Gasteiger partial charge is 0.489 e. The molecule has 0 heterocycles. The van der Waals surface area contributed by atoms with E-state index in [4.69, 9.17) is 9.29 Å². The number of hydrogen-bond acceptors (Lipinski definition) is 3. The zero-order valence-corrected chi connectivity index (χ0v) is 13.4. The summed E-state index contributed by atoms with van der Waals surface area (Å²) in [6.45, 7) is 4.79. The molecule has 4 nitrogen and oxygen atoms in total. The summed E-state index contributed by atoms with van der Waals surface area (Å²) < 4.78 is 50.7. The van der Waals surface area contributed by atoms with Crippen LogP contribution in [0.2, 0.25) is 0 Å². The molecule has 2 rings (SSSR count).